The van der Waals surface area contributed by atoms with Crippen molar-refractivity contribution < 1.29 is 31.9 Å². The number of halogens is 1. The van der Waals surface area contributed by atoms with E-state index in [1.165, 1.54) is 34.8 Å². The van der Waals surface area contributed by atoms with Gasteiger partial charge in [-0.15, -0.1) is 0 Å². The van der Waals surface area contributed by atoms with Crippen LogP contribution in [0.3, 0.4) is 0 Å². The van der Waals surface area contributed by atoms with Crippen LogP contribution in [-0.2, 0) is 10.0 Å². The summed E-state index contributed by atoms with van der Waals surface area (Å²) in [5.74, 6) is 0.912. The third-order valence-corrected chi connectivity index (χ3v) is 9.28. The first-order valence-electron chi connectivity index (χ1n) is 14.2. The highest BCUT2D eigenvalue weighted by Gasteiger charge is 2.37. The molecular formula is C32H33FN2O6S. The Balaban J connectivity index is 1.44. The van der Waals surface area contributed by atoms with Crippen molar-refractivity contribution in [1.29, 1.82) is 0 Å². The van der Waals surface area contributed by atoms with Gasteiger partial charge in [0.15, 0.2) is 0 Å². The maximum absolute atomic E-state index is 13.3. The minimum Gasteiger partial charge on any atom is -0.457 e. The number of furan rings is 1. The number of aliphatic hydroxyl groups excluding tert-OH is 1. The van der Waals surface area contributed by atoms with Crippen molar-refractivity contribution in [2.24, 2.45) is 0 Å². The highest BCUT2D eigenvalue weighted by atomic mass is 32.2. The molecule has 2 fully saturated rings. The van der Waals surface area contributed by atoms with Crippen molar-refractivity contribution in [3.8, 4) is 22.8 Å². The van der Waals surface area contributed by atoms with Crippen LogP contribution in [0.2, 0.25) is 0 Å². The SMILES string of the molecule is CNC(=O)c1c(-c2ccc(Oc3ccc(F)cc3)cc2)oc2cc(N(C3CCC(O)CC3)S(C)(=O)=O)c(C3CC3)cc12. The van der Waals surface area contributed by atoms with Gasteiger partial charge in [0.05, 0.1) is 23.6 Å². The summed E-state index contributed by atoms with van der Waals surface area (Å²) in [5.41, 5.74) is 2.91. The first kappa shape index (κ1) is 28.2. The van der Waals surface area contributed by atoms with Gasteiger partial charge in [0, 0.05) is 30.1 Å². The summed E-state index contributed by atoms with van der Waals surface area (Å²) in [6, 6.07) is 16.2. The number of nitrogens with one attached hydrogen (secondary N) is 1. The molecule has 0 saturated heterocycles. The third-order valence-electron chi connectivity index (χ3n) is 8.07. The molecule has 3 aromatic carbocycles. The van der Waals surface area contributed by atoms with Gasteiger partial charge in [0.2, 0.25) is 10.0 Å². The van der Waals surface area contributed by atoms with Crippen LogP contribution in [-0.4, -0.2) is 44.9 Å². The van der Waals surface area contributed by atoms with E-state index in [-0.39, 0.29) is 23.7 Å². The van der Waals surface area contributed by atoms with Crippen LogP contribution in [0.4, 0.5) is 10.1 Å². The highest BCUT2D eigenvalue weighted by Crippen LogP contribution is 2.49. The van der Waals surface area contributed by atoms with Crippen molar-refractivity contribution in [2.45, 2.75) is 56.6 Å². The molecule has 0 aliphatic heterocycles. The number of sulfonamides is 1. The van der Waals surface area contributed by atoms with Crippen molar-refractivity contribution in [3.05, 3.63) is 77.6 Å². The number of ether oxygens (including phenoxy) is 1. The fraction of sp³-hybridized carbons (Fsp3) is 0.344. The van der Waals surface area contributed by atoms with Gasteiger partial charge in [-0.1, -0.05) is 0 Å². The summed E-state index contributed by atoms with van der Waals surface area (Å²) in [7, 11) is -2.09. The van der Waals surface area contributed by atoms with E-state index in [0.717, 1.165) is 18.4 Å². The molecule has 2 saturated carbocycles. The average molecular weight is 593 g/mol. The van der Waals surface area contributed by atoms with E-state index in [1.807, 2.05) is 6.07 Å². The molecule has 0 spiro atoms. The number of hydrogen-bond acceptors (Lipinski definition) is 6. The molecule has 0 radical (unpaired) electrons. The summed E-state index contributed by atoms with van der Waals surface area (Å²) in [4.78, 5) is 13.2. The third kappa shape index (κ3) is 5.61. The van der Waals surface area contributed by atoms with Gasteiger partial charge in [0.25, 0.3) is 5.91 Å². The average Bonchev–Trinajstić information content (AvgIpc) is 3.75. The standard InChI is InChI=1S/C32H33FN2O6S/c1-34-32(37)30-27-17-26(19-3-4-19)28(35(42(2,38)39)22-9-11-23(36)12-10-22)18-29(27)41-31(30)20-5-13-24(14-6-20)40-25-15-7-21(33)8-16-25/h5-8,13-19,22-23,36H,3-4,9-12H2,1-2H3,(H,34,37). The Hall–Kier alpha value is -3.89. The van der Waals surface area contributed by atoms with Gasteiger partial charge >= 0.3 is 0 Å². The van der Waals surface area contributed by atoms with Gasteiger partial charge in [-0.3, -0.25) is 9.10 Å². The summed E-state index contributed by atoms with van der Waals surface area (Å²) >= 11 is 0. The van der Waals surface area contributed by atoms with Crippen molar-refractivity contribution >= 4 is 32.6 Å². The van der Waals surface area contributed by atoms with Crippen LogP contribution in [0.15, 0.2) is 65.1 Å². The van der Waals surface area contributed by atoms with E-state index in [2.05, 4.69) is 5.32 Å². The minimum absolute atomic E-state index is 0.196. The van der Waals surface area contributed by atoms with Gasteiger partial charge in [-0.2, -0.15) is 0 Å². The highest BCUT2D eigenvalue weighted by molar-refractivity contribution is 7.92. The summed E-state index contributed by atoms with van der Waals surface area (Å²) < 4.78 is 53.3. The van der Waals surface area contributed by atoms with E-state index in [0.29, 0.717) is 70.7 Å². The molecular weight excluding hydrogens is 559 g/mol. The molecule has 220 valence electrons. The maximum atomic E-state index is 13.3. The van der Waals surface area contributed by atoms with Crippen molar-refractivity contribution in [3.63, 3.8) is 0 Å². The Morgan fingerprint density at radius 3 is 2.17 bits per heavy atom. The molecule has 0 atom stereocenters. The van der Waals surface area contributed by atoms with Gasteiger partial charge < -0.3 is 19.6 Å². The second kappa shape index (κ2) is 11.1. The maximum Gasteiger partial charge on any atom is 0.255 e. The Bertz CT molecular complexity index is 1720. The Labute approximate surface area is 244 Å². The molecule has 10 heteroatoms. The van der Waals surface area contributed by atoms with Gasteiger partial charge in [0.1, 0.15) is 28.7 Å². The largest absolute Gasteiger partial charge is 0.457 e. The van der Waals surface area contributed by atoms with E-state index in [1.54, 1.807) is 37.4 Å². The van der Waals surface area contributed by atoms with Crippen LogP contribution in [0, 0.1) is 5.82 Å². The number of carbonyl (C=O) groups is 1. The fourth-order valence-corrected chi connectivity index (χ4v) is 7.13. The number of nitrogens with zero attached hydrogens (tertiary/aromatic N) is 1. The zero-order valence-electron chi connectivity index (χ0n) is 23.5. The van der Waals surface area contributed by atoms with Crippen LogP contribution in [0.25, 0.3) is 22.3 Å². The lowest BCUT2D eigenvalue weighted by Gasteiger charge is -2.36. The number of benzene rings is 3. The first-order chi connectivity index (χ1) is 20.1. The Morgan fingerprint density at radius 1 is 0.976 bits per heavy atom. The van der Waals surface area contributed by atoms with Crippen LogP contribution >= 0.6 is 0 Å². The molecule has 0 bridgehead atoms. The minimum atomic E-state index is -3.65. The molecule has 1 amide bonds. The molecule has 42 heavy (non-hydrogen) atoms. The first-order valence-corrected chi connectivity index (χ1v) is 16.0. The Kier molecular flexibility index (Phi) is 7.44. The number of amides is 1. The summed E-state index contributed by atoms with van der Waals surface area (Å²) in [6.45, 7) is 0. The van der Waals surface area contributed by atoms with Crippen LogP contribution in [0.1, 0.15) is 60.4 Å². The van der Waals surface area contributed by atoms with Crippen LogP contribution in [0.5, 0.6) is 11.5 Å². The number of aliphatic hydroxyl groups is 1. The number of fused-ring (bicyclic) bond motifs is 1. The number of hydrogen-bond donors (Lipinski definition) is 2. The zero-order chi connectivity index (χ0) is 29.6. The zero-order valence-corrected chi connectivity index (χ0v) is 24.3. The normalized spacial score (nSPS) is 19.0. The second-order valence-electron chi connectivity index (χ2n) is 11.2. The van der Waals surface area contributed by atoms with E-state index in [9.17, 15) is 22.7 Å². The molecule has 0 unspecified atom stereocenters. The lowest BCUT2D eigenvalue weighted by Crippen LogP contribution is -2.43. The predicted molar refractivity (Wildman–Crippen MR) is 159 cm³/mol. The smallest absolute Gasteiger partial charge is 0.255 e. The second-order valence-corrected chi connectivity index (χ2v) is 13.0. The molecule has 2 aliphatic carbocycles. The molecule has 1 heterocycles. The van der Waals surface area contributed by atoms with E-state index >= 15 is 0 Å². The van der Waals surface area contributed by atoms with E-state index in [4.69, 9.17) is 9.15 Å². The monoisotopic (exact) mass is 592 g/mol. The van der Waals surface area contributed by atoms with Crippen molar-refractivity contribution in [2.75, 3.05) is 17.6 Å². The number of anilines is 1. The molecule has 4 aromatic rings. The lowest BCUT2D eigenvalue weighted by molar-refractivity contribution is 0.0964. The predicted octanol–water partition coefficient (Wildman–Crippen LogP) is 6.34. The van der Waals surface area contributed by atoms with Gasteiger partial charge in [-0.25, -0.2) is 12.8 Å². The van der Waals surface area contributed by atoms with Crippen LogP contribution < -0.4 is 14.4 Å². The molecule has 1 aromatic heterocycles. The van der Waals surface area contributed by atoms with Gasteiger partial charge in [-0.05, 0) is 105 Å². The molecule has 2 aliphatic rings. The van der Waals surface area contributed by atoms with Crippen molar-refractivity contribution in [1.82, 2.24) is 5.32 Å². The molecule has 6 rings (SSSR count). The topological polar surface area (TPSA) is 109 Å². The summed E-state index contributed by atoms with van der Waals surface area (Å²) in [5, 5.41) is 13.4. The molecule has 8 nitrogen and oxygen atoms in total. The van der Waals surface area contributed by atoms with E-state index < -0.39 is 16.1 Å². The summed E-state index contributed by atoms with van der Waals surface area (Å²) in [6.07, 6.45) is 4.91. The molecule has 2 N–H and O–H groups in total. The number of carbonyl (C=O) groups excluding carboxylic acids is 1. The quantitative estimate of drug-likeness (QED) is 0.247. The number of rotatable bonds is 8. The Morgan fingerprint density at radius 2 is 1.60 bits per heavy atom. The fourth-order valence-electron chi connectivity index (χ4n) is 5.87. The lowest BCUT2D eigenvalue weighted by atomic mass is 9.92.